The molecule has 0 fully saturated rings. The average Bonchev–Trinajstić information content (AvgIpc) is 2.74. The second kappa shape index (κ2) is 9.84. The molecule has 7 heteroatoms. The number of halogens is 2. The van der Waals surface area contributed by atoms with Crippen LogP contribution in [0.25, 0.3) is 0 Å². The summed E-state index contributed by atoms with van der Waals surface area (Å²) in [5, 5.41) is 6.78. The van der Waals surface area contributed by atoms with Gasteiger partial charge in [0.05, 0.1) is 13.2 Å². The Morgan fingerprint density at radius 3 is 2.00 bits per heavy atom. The highest BCUT2D eigenvalue weighted by atomic mass is 32.1. The number of alkyl halides is 2. The first kappa shape index (κ1) is 20.5. The molecule has 4 nitrogen and oxygen atoms in total. The second-order valence-corrected chi connectivity index (χ2v) is 6.53. The van der Waals surface area contributed by atoms with E-state index in [1.807, 2.05) is 54.6 Å². The topological polar surface area (TPSA) is 42.5 Å². The van der Waals surface area contributed by atoms with E-state index in [1.54, 1.807) is 19.2 Å². The van der Waals surface area contributed by atoms with E-state index >= 15 is 0 Å². The van der Waals surface area contributed by atoms with Gasteiger partial charge >= 0.3 is 6.61 Å². The SMILES string of the molecule is COc1ccc([C@H](NC(=S)Nc2ccc(OC(F)F)cc2)c2ccccc2)cc1. The summed E-state index contributed by atoms with van der Waals surface area (Å²) in [6.45, 7) is -2.85. The molecule has 0 amide bonds. The zero-order valence-electron chi connectivity index (χ0n) is 15.6. The smallest absolute Gasteiger partial charge is 0.387 e. The zero-order valence-corrected chi connectivity index (χ0v) is 16.5. The Morgan fingerprint density at radius 2 is 1.41 bits per heavy atom. The summed E-state index contributed by atoms with van der Waals surface area (Å²) in [7, 11) is 1.62. The van der Waals surface area contributed by atoms with E-state index in [1.165, 1.54) is 12.1 Å². The van der Waals surface area contributed by atoms with Crippen LogP contribution in [0.5, 0.6) is 11.5 Å². The van der Waals surface area contributed by atoms with Gasteiger partial charge in [-0.1, -0.05) is 42.5 Å². The van der Waals surface area contributed by atoms with Crippen LogP contribution >= 0.6 is 12.2 Å². The Hall–Kier alpha value is -3.19. The number of benzene rings is 3. The molecule has 0 saturated heterocycles. The Morgan fingerprint density at radius 1 is 0.828 bits per heavy atom. The monoisotopic (exact) mass is 414 g/mol. The van der Waals surface area contributed by atoms with Gasteiger partial charge in [-0.2, -0.15) is 8.78 Å². The Bertz CT molecular complexity index is 920. The molecule has 1 atom stereocenters. The lowest BCUT2D eigenvalue weighted by Crippen LogP contribution is -2.33. The van der Waals surface area contributed by atoms with E-state index in [4.69, 9.17) is 17.0 Å². The minimum absolute atomic E-state index is 0.0878. The van der Waals surface area contributed by atoms with Crippen molar-refractivity contribution in [2.45, 2.75) is 12.7 Å². The average molecular weight is 414 g/mol. The maximum absolute atomic E-state index is 12.3. The lowest BCUT2D eigenvalue weighted by atomic mass is 9.99. The zero-order chi connectivity index (χ0) is 20.6. The van der Waals surface area contributed by atoms with Crippen molar-refractivity contribution in [1.82, 2.24) is 5.32 Å². The van der Waals surface area contributed by atoms with Crippen LogP contribution in [0, 0.1) is 0 Å². The Balaban J connectivity index is 1.74. The molecule has 0 radical (unpaired) electrons. The summed E-state index contributed by atoms with van der Waals surface area (Å²) in [4.78, 5) is 0. The molecular formula is C22H20F2N2O2S. The summed E-state index contributed by atoms with van der Waals surface area (Å²) < 4.78 is 34.1. The second-order valence-electron chi connectivity index (χ2n) is 6.12. The number of anilines is 1. The molecule has 2 N–H and O–H groups in total. The van der Waals surface area contributed by atoms with Crippen molar-refractivity contribution < 1.29 is 18.3 Å². The fourth-order valence-corrected chi connectivity index (χ4v) is 3.05. The van der Waals surface area contributed by atoms with Crippen LogP contribution in [-0.2, 0) is 0 Å². The molecule has 0 spiro atoms. The van der Waals surface area contributed by atoms with Gasteiger partial charge < -0.3 is 20.1 Å². The van der Waals surface area contributed by atoms with Crippen molar-refractivity contribution in [3.63, 3.8) is 0 Å². The Labute approximate surface area is 173 Å². The third kappa shape index (κ3) is 5.89. The highest BCUT2D eigenvalue weighted by Gasteiger charge is 2.15. The lowest BCUT2D eigenvalue weighted by molar-refractivity contribution is -0.0498. The summed E-state index contributed by atoms with van der Waals surface area (Å²) in [5.74, 6) is 0.859. The first-order valence-corrected chi connectivity index (χ1v) is 9.27. The quantitative estimate of drug-likeness (QED) is 0.509. The number of methoxy groups -OCH3 is 1. The van der Waals surface area contributed by atoms with Crippen LogP contribution in [0.2, 0.25) is 0 Å². The van der Waals surface area contributed by atoms with E-state index in [0.717, 1.165) is 16.9 Å². The van der Waals surface area contributed by atoms with E-state index in [2.05, 4.69) is 15.4 Å². The van der Waals surface area contributed by atoms with Crippen LogP contribution < -0.4 is 20.1 Å². The molecule has 0 aromatic heterocycles. The van der Waals surface area contributed by atoms with Crippen molar-refractivity contribution in [1.29, 1.82) is 0 Å². The molecule has 0 aliphatic heterocycles. The minimum Gasteiger partial charge on any atom is -0.497 e. The number of thiocarbonyl (C=S) groups is 1. The molecule has 0 aliphatic carbocycles. The number of hydrogen-bond acceptors (Lipinski definition) is 3. The van der Waals surface area contributed by atoms with E-state index in [9.17, 15) is 8.78 Å². The van der Waals surface area contributed by atoms with Crippen molar-refractivity contribution in [3.8, 4) is 11.5 Å². The molecule has 0 saturated carbocycles. The highest BCUT2D eigenvalue weighted by Crippen LogP contribution is 2.25. The van der Waals surface area contributed by atoms with Gasteiger partial charge in [0.15, 0.2) is 5.11 Å². The van der Waals surface area contributed by atoms with E-state index < -0.39 is 6.61 Å². The van der Waals surface area contributed by atoms with Gasteiger partial charge in [-0.15, -0.1) is 0 Å². The van der Waals surface area contributed by atoms with Gasteiger partial charge in [0.1, 0.15) is 11.5 Å². The first-order chi connectivity index (χ1) is 14.0. The highest BCUT2D eigenvalue weighted by molar-refractivity contribution is 7.80. The molecule has 0 bridgehead atoms. The molecular weight excluding hydrogens is 394 g/mol. The standard InChI is InChI=1S/C22H20F2N2O2S/c1-27-18-11-7-16(8-12-18)20(15-5-3-2-4-6-15)26-22(29)25-17-9-13-19(14-10-17)28-21(23)24/h2-14,20-21H,1H3,(H2,25,26,29)/t20-/m1/s1. The molecule has 0 aliphatic rings. The lowest BCUT2D eigenvalue weighted by Gasteiger charge is -2.22. The van der Waals surface area contributed by atoms with Crippen molar-refractivity contribution in [2.75, 3.05) is 12.4 Å². The first-order valence-electron chi connectivity index (χ1n) is 8.86. The maximum Gasteiger partial charge on any atom is 0.387 e. The molecule has 3 aromatic rings. The van der Waals surface area contributed by atoms with E-state index in [0.29, 0.717) is 10.8 Å². The summed E-state index contributed by atoms with van der Waals surface area (Å²) >= 11 is 5.47. The fraction of sp³-hybridized carbons (Fsp3) is 0.136. The molecule has 0 unspecified atom stereocenters. The number of hydrogen-bond donors (Lipinski definition) is 2. The van der Waals surface area contributed by atoms with Gasteiger partial charge in [0, 0.05) is 5.69 Å². The van der Waals surface area contributed by atoms with Gasteiger partial charge in [0.25, 0.3) is 0 Å². The van der Waals surface area contributed by atoms with Crippen LogP contribution in [-0.4, -0.2) is 18.8 Å². The van der Waals surface area contributed by atoms with Crippen molar-refractivity contribution in [3.05, 3.63) is 90.0 Å². The molecule has 150 valence electrons. The molecule has 29 heavy (non-hydrogen) atoms. The van der Waals surface area contributed by atoms with Gasteiger partial charge in [-0.3, -0.25) is 0 Å². The third-order valence-electron chi connectivity index (χ3n) is 4.19. The number of ether oxygens (including phenoxy) is 2. The maximum atomic E-state index is 12.3. The van der Waals surface area contributed by atoms with Crippen molar-refractivity contribution in [2.24, 2.45) is 0 Å². The largest absolute Gasteiger partial charge is 0.497 e. The summed E-state index contributed by atoms with van der Waals surface area (Å²) in [6.07, 6.45) is 0. The molecule has 3 rings (SSSR count). The summed E-state index contributed by atoms with van der Waals surface area (Å²) in [6, 6.07) is 23.6. The van der Waals surface area contributed by atoms with E-state index in [-0.39, 0.29) is 11.8 Å². The fourth-order valence-electron chi connectivity index (χ4n) is 2.82. The van der Waals surface area contributed by atoms with Crippen LogP contribution in [0.1, 0.15) is 17.2 Å². The van der Waals surface area contributed by atoms with Crippen LogP contribution in [0.4, 0.5) is 14.5 Å². The van der Waals surface area contributed by atoms with Crippen LogP contribution in [0.15, 0.2) is 78.9 Å². The number of nitrogens with one attached hydrogen (secondary N) is 2. The van der Waals surface area contributed by atoms with Crippen LogP contribution in [0.3, 0.4) is 0 Å². The van der Waals surface area contributed by atoms with Gasteiger partial charge in [-0.25, -0.2) is 0 Å². The minimum atomic E-state index is -2.85. The normalized spacial score (nSPS) is 11.6. The Kier molecular flexibility index (Phi) is 6.97. The van der Waals surface area contributed by atoms with Crippen molar-refractivity contribution >= 4 is 23.0 Å². The number of rotatable bonds is 7. The predicted molar refractivity (Wildman–Crippen MR) is 114 cm³/mol. The third-order valence-corrected chi connectivity index (χ3v) is 4.41. The molecule has 3 aromatic carbocycles. The molecule has 0 heterocycles. The van der Waals surface area contributed by atoms with Gasteiger partial charge in [0.2, 0.25) is 0 Å². The summed E-state index contributed by atoms with van der Waals surface area (Å²) in [5.41, 5.74) is 2.72. The predicted octanol–water partition coefficient (Wildman–Crippen LogP) is 5.37. The van der Waals surface area contributed by atoms with Gasteiger partial charge in [-0.05, 0) is 59.7 Å².